The molecule has 2 aliphatic rings. The summed E-state index contributed by atoms with van der Waals surface area (Å²) in [6, 6.07) is 7.01. The van der Waals surface area contributed by atoms with Crippen molar-refractivity contribution in [2.45, 2.75) is 18.8 Å². The molecular weight excluding hydrogens is 428 g/mol. The van der Waals surface area contributed by atoms with Gasteiger partial charge in [0.1, 0.15) is 23.2 Å². The highest BCUT2D eigenvalue weighted by molar-refractivity contribution is 5.98. The molecule has 172 valence electrons. The lowest BCUT2D eigenvalue weighted by molar-refractivity contribution is -0.122. The van der Waals surface area contributed by atoms with Crippen LogP contribution in [-0.2, 0) is 9.59 Å². The van der Waals surface area contributed by atoms with Crippen molar-refractivity contribution in [1.82, 2.24) is 9.97 Å². The standard InChI is InChI=1S/C22H24N6O5/c1-32-12-3-4-15(33-2)13(9-12)16-14(10-23)20(30)25-19-17(16)21(31)27-22(26-19)28-7-5-11(6-8-28)18(24)29/h3-4,9,11,14,16H,5-8H2,1-2H3,(H2,24,29)(H2,25,26,27,30,31). The minimum atomic E-state index is -1.17. The Morgan fingerprint density at radius 2 is 1.97 bits per heavy atom. The predicted molar refractivity (Wildman–Crippen MR) is 118 cm³/mol. The van der Waals surface area contributed by atoms with E-state index < -0.39 is 23.3 Å². The second kappa shape index (κ2) is 8.82. The van der Waals surface area contributed by atoms with Gasteiger partial charge in [-0.3, -0.25) is 19.4 Å². The maximum absolute atomic E-state index is 13.3. The van der Waals surface area contributed by atoms with Crippen molar-refractivity contribution in [1.29, 1.82) is 5.26 Å². The van der Waals surface area contributed by atoms with Crippen molar-refractivity contribution in [2.24, 2.45) is 17.6 Å². The van der Waals surface area contributed by atoms with Crippen LogP contribution < -0.4 is 31.0 Å². The van der Waals surface area contributed by atoms with E-state index >= 15 is 0 Å². The van der Waals surface area contributed by atoms with Crippen LogP contribution in [0.5, 0.6) is 11.5 Å². The van der Waals surface area contributed by atoms with Gasteiger partial charge in [-0.05, 0) is 31.0 Å². The molecule has 3 heterocycles. The summed E-state index contributed by atoms with van der Waals surface area (Å²) in [5.74, 6) is -1.90. The Balaban J connectivity index is 1.80. The van der Waals surface area contributed by atoms with Crippen LogP contribution in [0.3, 0.4) is 0 Å². The lowest BCUT2D eigenvalue weighted by Gasteiger charge is -2.33. The smallest absolute Gasteiger partial charge is 0.258 e. The van der Waals surface area contributed by atoms with E-state index in [0.717, 1.165) is 0 Å². The van der Waals surface area contributed by atoms with Gasteiger partial charge in [-0.25, -0.2) is 0 Å². The van der Waals surface area contributed by atoms with Gasteiger partial charge < -0.3 is 25.4 Å². The van der Waals surface area contributed by atoms with Gasteiger partial charge in [-0.15, -0.1) is 0 Å². The number of primary amides is 1. The number of nitrogens with two attached hydrogens (primary N) is 1. The van der Waals surface area contributed by atoms with Gasteiger partial charge in [0.15, 0.2) is 0 Å². The second-order valence-corrected chi connectivity index (χ2v) is 8.00. The molecule has 2 unspecified atom stereocenters. The van der Waals surface area contributed by atoms with E-state index in [2.05, 4.69) is 15.3 Å². The molecule has 0 bridgehead atoms. The van der Waals surface area contributed by atoms with Gasteiger partial charge in [-0.2, -0.15) is 10.2 Å². The Labute approximate surface area is 189 Å². The number of aromatic amines is 1. The molecule has 4 N–H and O–H groups in total. The van der Waals surface area contributed by atoms with Crippen LogP contribution in [0.25, 0.3) is 0 Å². The van der Waals surface area contributed by atoms with E-state index in [9.17, 15) is 19.6 Å². The number of nitrogens with one attached hydrogen (secondary N) is 2. The number of fused-ring (bicyclic) bond motifs is 1. The summed E-state index contributed by atoms with van der Waals surface area (Å²) >= 11 is 0. The molecular formula is C22H24N6O5. The second-order valence-electron chi connectivity index (χ2n) is 8.00. The maximum atomic E-state index is 13.3. The Hall–Kier alpha value is -4.07. The molecule has 11 nitrogen and oxygen atoms in total. The summed E-state index contributed by atoms with van der Waals surface area (Å²) in [6.45, 7) is 0.967. The molecule has 2 aromatic rings. The number of carbonyl (C=O) groups excluding carboxylic acids is 2. The van der Waals surface area contributed by atoms with Gasteiger partial charge in [0, 0.05) is 30.5 Å². The van der Waals surface area contributed by atoms with Crippen molar-refractivity contribution in [3.63, 3.8) is 0 Å². The monoisotopic (exact) mass is 452 g/mol. The largest absolute Gasteiger partial charge is 0.497 e. The molecule has 0 aliphatic carbocycles. The average Bonchev–Trinajstić information content (AvgIpc) is 2.82. The molecule has 1 aromatic heterocycles. The molecule has 2 amide bonds. The maximum Gasteiger partial charge on any atom is 0.258 e. The number of carbonyl (C=O) groups is 2. The highest BCUT2D eigenvalue weighted by Gasteiger charge is 2.42. The molecule has 0 radical (unpaired) electrons. The molecule has 11 heteroatoms. The average molecular weight is 452 g/mol. The van der Waals surface area contributed by atoms with Crippen LogP contribution in [0, 0.1) is 23.2 Å². The van der Waals surface area contributed by atoms with E-state index in [1.807, 2.05) is 11.0 Å². The minimum absolute atomic E-state index is 0.0946. The summed E-state index contributed by atoms with van der Waals surface area (Å²) in [5, 5.41) is 12.4. The SMILES string of the molecule is COc1ccc(OC)c(C2c3c(nc(N4CCC(C(N)=O)CC4)[nH]c3=O)NC(=O)C2C#N)c1. The van der Waals surface area contributed by atoms with Crippen molar-refractivity contribution >= 4 is 23.6 Å². The molecule has 1 saturated heterocycles. The number of hydrogen-bond acceptors (Lipinski definition) is 8. The first-order valence-electron chi connectivity index (χ1n) is 10.5. The lowest BCUT2D eigenvalue weighted by Crippen LogP contribution is -2.42. The zero-order valence-corrected chi connectivity index (χ0v) is 18.3. The van der Waals surface area contributed by atoms with Crippen LogP contribution in [0.15, 0.2) is 23.0 Å². The molecule has 2 atom stereocenters. The van der Waals surface area contributed by atoms with Crippen LogP contribution in [-0.4, -0.2) is 49.1 Å². The highest BCUT2D eigenvalue weighted by atomic mass is 16.5. The van der Waals surface area contributed by atoms with E-state index in [4.69, 9.17) is 15.2 Å². The lowest BCUT2D eigenvalue weighted by atomic mass is 9.78. The Kier molecular flexibility index (Phi) is 5.91. The third kappa shape index (κ3) is 3.95. The van der Waals surface area contributed by atoms with Gasteiger partial charge in [0.05, 0.1) is 25.9 Å². The number of benzene rings is 1. The number of ether oxygens (including phenoxy) is 2. The fraction of sp³-hybridized carbons (Fsp3) is 0.409. The number of methoxy groups -OCH3 is 2. The number of rotatable bonds is 5. The zero-order chi connectivity index (χ0) is 23.7. The molecule has 1 fully saturated rings. The fourth-order valence-corrected chi connectivity index (χ4v) is 4.44. The van der Waals surface area contributed by atoms with Crippen LogP contribution in [0.4, 0.5) is 11.8 Å². The van der Waals surface area contributed by atoms with Crippen LogP contribution in [0.2, 0.25) is 0 Å². The number of amides is 2. The van der Waals surface area contributed by atoms with Gasteiger partial charge in [0.25, 0.3) is 5.56 Å². The number of piperidine rings is 1. The predicted octanol–water partition coefficient (Wildman–Crippen LogP) is 0.713. The van der Waals surface area contributed by atoms with E-state index in [-0.39, 0.29) is 29.2 Å². The summed E-state index contributed by atoms with van der Waals surface area (Å²) in [6.07, 6.45) is 1.09. The minimum Gasteiger partial charge on any atom is -0.497 e. The zero-order valence-electron chi connectivity index (χ0n) is 18.3. The quantitative estimate of drug-likeness (QED) is 0.597. The highest BCUT2D eigenvalue weighted by Crippen LogP contribution is 2.43. The Morgan fingerprint density at radius 3 is 2.58 bits per heavy atom. The van der Waals surface area contributed by atoms with Gasteiger partial charge >= 0.3 is 0 Å². The molecule has 0 saturated carbocycles. The third-order valence-corrected chi connectivity index (χ3v) is 6.22. The number of aromatic nitrogens is 2. The van der Waals surface area contributed by atoms with E-state index in [1.54, 1.807) is 18.2 Å². The fourth-order valence-electron chi connectivity index (χ4n) is 4.44. The summed E-state index contributed by atoms with van der Waals surface area (Å²) in [5.41, 5.74) is 5.57. The number of nitriles is 1. The number of nitrogens with zero attached hydrogens (tertiary/aromatic N) is 3. The first-order valence-corrected chi connectivity index (χ1v) is 10.5. The number of anilines is 2. The number of H-pyrrole nitrogens is 1. The van der Waals surface area contributed by atoms with Gasteiger partial charge in [-0.1, -0.05) is 0 Å². The topological polar surface area (TPSA) is 163 Å². The first-order chi connectivity index (χ1) is 15.9. The normalized spacial score (nSPS) is 20.4. The van der Waals surface area contributed by atoms with Crippen molar-refractivity contribution in [2.75, 3.05) is 37.5 Å². The first kappa shape index (κ1) is 22.1. The van der Waals surface area contributed by atoms with Crippen molar-refractivity contribution in [3.05, 3.63) is 39.7 Å². The van der Waals surface area contributed by atoms with E-state index in [0.29, 0.717) is 43.0 Å². The van der Waals surface area contributed by atoms with Gasteiger partial charge in [0.2, 0.25) is 17.8 Å². The summed E-state index contributed by atoms with van der Waals surface area (Å²) in [7, 11) is 2.97. The molecule has 0 spiro atoms. The summed E-state index contributed by atoms with van der Waals surface area (Å²) in [4.78, 5) is 46.7. The van der Waals surface area contributed by atoms with Crippen LogP contribution >= 0.6 is 0 Å². The van der Waals surface area contributed by atoms with Crippen LogP contribution in [0.1, 0.15) is 29.9 Å². The Bertz CT molecular complexity index is 1190. The molecule has 1 aromatic carbocycles. The molecule has 33 heavy (non-hydrogen) atoms. The van der Waals surface area contributed by atoms with Crippen molar-refractivity contribution < 1.29 is 19.1 Å². The molecule has 2 aliphatic heterocycles. The molecule has 4 rings (SSSR count). The Morgan fingerprint density at radius 1 is 1.24 bits per heavy atom. The summed E-state index contributed by atoms with van der Waals surface area (Å²) < 4.78 is 10.8. The number of hydrogen-bond donors (Lipinski definition) is 3. The third-order valence-electron chi connectivity index (χ3n) is 6.22. The van der Waals surface area contributed by atoms with E-state index in [1.165, 1.54) is 14.2 Å². The van der Waals surface area contributed by atoms with Crippen molar-refractivity contribution in [3.8, 4) is 17.6 Å².